The van der Waals surface area contributed by atoms with E-state index in [0.29, 0.717) is 11.4 Å². The maximum atomic E-state index is 11.3. The quantitative estimate of drug-likeness (QED) is 0.837. The molecule has 0 saturated carbocycles. The minimum absolute atomic E-state index is 0.0639. The monoisotopic (exact) mass is 271 g/mol. The number of aromatic carboxylic acids is 1. The number of hydrogen-bond acceptors (Lipinski definition) is 3. The molecule has 2 rings (SSSR count). The Kier molecular flexibility index (Phi) is 3.66. The molecule has 2 aromatic rings. The van der Waals surface area contributed by atoms with Gasteiger partial charge in [0.25, 0.3) is 0 Å². The van der Waals surface area contributed by atoms with Crippen LogP contribution in [0.15, 0.2) is 48.5 Å². The minimum atomic E-state index is -1.06. The van der Waals surface area contributed by atoms with Gasteiger partial charge in [-0.1, -0.05) is 30.3 Å². The summed E-state index contributed by atoms with van der Waals surface area (Å²) in [7, 11) is 0. The lowest BCUT2D eigenvalue weighted by molar-refractivity contribution is 0.0672. The molecule has 3 N–H and O–H groups in total. The van der Waals surface area contributed by atoms with Crippen molar-refractivity contribution in [2.24, 2.45) is 0 Å². The molecule has 0 unspecified atom stereocenters. The molecule has 0 aliphatic heterocycles. The molecule has 4 heteroatoms. The fourth-order valence-electron chi connectivity index (χ4n) is 1.98. The zero-order chi connectivity index (χ0) is 14.8. The van der Waals surface area contributed by atoms with E-state index in [1.165, 1.54) is 6.07 Å². The van der Waals surface area contributed by atoms with Gasteiger partial charge in [-0.05, 0) is 37.6 Å². The molecule has 20 heavy (non-hydrogen) atoms. The van der Waals surface area contributed by atoms with E-state index in [1.54, 1.807) is 12.1 Å². The van der Waals surface area contributed by atoms with Gasteiger partial charge in [0.15, 0.2) is 0 Å². The van der Waals surface area contributed by atoms with Gasteiger partial charge >= 0.3 is 5.97 Å². The highest BCUT2D eigenvalue weighted by Crippen LogP contribution is 2.30. The summed E-state index contributed by atoms with van der Waals surface area (Å²) in [4.78, 5) is 11.3. The first-order chi connectivity index (χ1) is 9.40. The number of carboxylic acids is 1. The van der Waals surface area contributed by atoms with Crippen molar-refractivity contribution in [2.45, 2.75) is 19.4 Å². The van der Waals surface area contributed by atoms with Gasteiger partial charge in [0.2, 0.25) is 0 Å². The second-order valence-corrected chi connectivity index (χ2v) is 5.04. The van der Waals surface area contributed by atoms with E-state index in [2.05, 4.69) is 0 Å². The normalized spacial score (nSPS) is 11.1. The van der Waals surface area contributed by atoms with Crippen LogP contribution in [-0.2, 0) is 5.60 Å². The zero-order valence-electron chi connectivity index (χ0n) is 11.5. The summed E-state index contributed by atoms with van der Waals surface area (Å²) in [6.07, 6.45) is 0. The third-order valence-corrected chi connectivity index (χ3v) is 3.07. The maximum absolute atomic E-state index is 11.3. The Morgan fingerprint density at radius 2 is 1.80 bits per heavy atom. The molecule has 0 saturated heterocycles. The van der Waals surface area contributed by atoms with Crippen LogP contribution in [0, 0.1) is 0 Å². The number of benzene rings is 2. The van der Waals surface area contributed by atoms with E-state index >= 15 is 0 Å². The van der Waals surface area contributed by atoms with Gasteiger partial charge in [-0.25, -0.2) is 4.79 Å². The number of carbonyl (C=O) groups is 1. The number of nitrogen functional groups attached to an aromatic ring is 1. The highest BCUT2D eigenvalue weighted by Gasteiger charge is 2.25. The van der Waals surface area contributed by atoms with Crippen molar-refractivity contribution in [2.75, 3.05) is 5.73 Å². The Morgan fingerprint density at radius 3 is 2.40 bits per heavy atom. The van der Waals surface area contributed by atoms with E-state index in [9.17, 15) is 9.90 Å². The van der Waals surface area contributed by atoms with Gasteiger partial charge in [0.1, 0.15) is 16.9 Å². The molecule has 0 aromatic heterocycles. The highest BCUT2D eigenvalue weighted by atomic mass is 16.5. The minimum Gasteiger partial charge on any atom is -0.482 e. The Hall–Kier alpha value is -2.49. The molecule has 0 heterocycles. The van der Waals surface area contributed by atoms with Crippen LogP contribution < -0.4 is 10.5 Å². The summed E-state index contributed by atoms with van der Waals surface area (Å²) in [5, 5.41) is 9.22. The molecule has 0 aliphatic carbocycles. The predicted molar refractivity (Wildman–Crippen MR) is 77.9 cm³/mol. The second-order valence-electron chi connectivity index (χ2n) is 5.04. The average Bonchev–Trinajstić information content (AvgIpc) is 2.41. The van der Waals surface area contributed by atoms with Crippen molar-refractivity contribution in [1.29, 1.82) is 0 Å². The lowest BCUT2D eigenvalue weighted by Crippen LogP contribution is -2.26. The van der Waals surface area contributed by atoms with Crippen LogP contribution in [0.25, 0.3) is 0 Å². The molecule has 0 amide bonds. The molecular weight excluding hydrogens is 254 g/mol. The van der Waals surface area contributed by atoms with Gasteiger partial charge in [-0.15, -0.1) is 0 Å². The van der Waals surface area contributed by atoms with Gasteiger partial charge < -0.3 is 15.6 Å². The fraction of sp³-hybridized carbons (Fsp3) is 0.188. The molecule has 0 radical (unpaired) electrons. The number of ether oxygens (including phenoxy) is 1. The lowest BCUT2D eigenvalue weighted by Gasteiger charge is -2.27. The first kappa shape index (κ1) is 13.9. The third-order valence-electron chi connectivity index (χ3n) is 3.07. The van der Waals surface area contributed by atoms with E-state index in [4.69, 9.17) is 10.5 Å². The SMILES string of the molecule is CC(C)(Oc1ccc(N)cc1C(=O)O)c1ccccc1. The largest absolute Gasteiger partial charge is 0.482 e. The molecule has 0 fully saturated rings. The van der Waals surface area contributed by atoms with E-state index in [1.807, 2.05) is 44.2 Å². The number of carboxylic acid groups (broad SMARTS) is 1. The van der Waals surface area contributed by atoms with Crippen LogP contribution in [0.2, 0.25) is 0 Å². The van der Waals surface area contributed by atoms with Gasteiger partial charge in [-0.3, -0.25) is 0 Å². The summed E-state index contributed by atoms with van der Waals surface area (Å²) in [6, 6.07) is 14.3. The van der Waals surface area contributed by atoms with Crippen LogP contribution in [-0.4, -0.2) is 11.1 Å². The average molecular weight is 271 g/mol. The van der Waals surface area contributed by atoms with E-state index in [-0.39, 0.29) is 5.56 Å². The first-order valence-corrected chi connectivity index (χ1v) is 6.27. The fourth-order valence-corrected chi connectivity index (χ4v) is 1.98. The van der Waals surface area contributed by atoms with Gasteiger partial charge in [0.05, 0.1) is 0 Å². The van der Waals surface area contributed by atoms with Crippen LogP contribution in [0.4, 0.5) is 5.69 Å². The zero-order valence-corrected chi connectivity index (χ0v) is 11.5. The topological polar surface area (TPSA) is 72.5 Å². The van der Waals surface area contributed by atoms with Gasteiger partial charge in [-0.2, -0.15) is 0 Å². The molecule has 0 aliphatic rings. The molecular formula is C16H17NO3. The number of anilines is 1. The number of hydrogen-bond donors (Lipinski definition) is 2. The second kappa shape index (κ2) is 5.25. The summed E-state index contributed by atoms with van der Waals surface area (Å²) >= 11 is 0. The van der Waals surface area contributed by atoms with Crippen molar-refractivity contribution in [3.8, 4) is 5.75 Å². The Balaban J connectivity index is 2.37. The number of rotatable bonds is 4. The van der Waals surface area contributed by atoms with Crippen LogP contribution in [0.5, 0.6) is 5.75 Å². The van der Waals surface area contributed by atoms with E-state index in [0.717, 1.165) is 5.56 Å². The predicted octanol–water partition coefficient (Wildman–Crippen LogP) is 3.28. The van der Waals surface area contributed by atoms with Crippen LogP contribution >= 0.6 is 0 Å². The molecule has 0 spiro atoms. The number of nitrogens with two attached hydrogens (primary N) is 1. The van der Waals surface area contributed by atoms with Crippen molar-refractivity contribution in [3.05, 3.63) is 59.7 Å². The standard InChI is InChI=1S/C16H17NO3/c1-16(2,11-6-4-3-5-7-11)20-14-9-8-12(17)10-13(14)15(18)19/h3-10H,17H2,1-2H3,(H,18,19). The smallest absolute Gasteiger partial charge is 0.339 e. The van der Waals surface area contributed by atoms with Crippen molar-refractivity contribution >= 4 is 11.7 Å². The Labute approximate surface area is 117 Å². The van der Waals surface area contributed by atoms with E-state index < -0.39 is 11.6 Å². The third kappa shape index (κ3) is 2.91. The Morgan fingerprint density at radius 1 is 1.15 bits per heavy atom. The van der Waals surface area contributed by atoms with Crippen molar-refractivity contribution in [1.82, 2.24) is 0 Å². The van der Waals surface area contributed by atoms with Crippen LogP contribution in [0.3, 0.4) is 0 Å². The van der Waals surface area contributed by atoms with Crippen molar-refractivity contribution in [3.63, 3.8) is 0 Å². The van der Waals surface area contributed by atoms with Gasteiger partial charge in [0, 0.05) is 5.69 Å². The lowest BCUT2D eigenvalue weighted by atomic mass is 9.98. The molecule has 0 bridgehead atoms. The first-order valence-electron chi connectivity index (χ1n) is 6.27. The van der Waals surface area contributed by atoms with Crippen molar-refractivity contribution < 1.29 is 14.6 Å². The summed E-state index contributed by atoms with van der Waals surface area (Å²) in [5.74, 6) is -0.753. The molecule has 0 atom stereocenters. The maximum Gasteiger partial charge on any atom is 0.339 e. The highest BCUT2D eigenvalue weighted by molar-refractivity contribution is 5.92. The summed E-state index contributed by atoms with van der Waals surface area (Å²) < 4.78 is 5.90. The molecule has 104 valence electrons. The summed E-state index contributed by atoms with van der Waals surface area (Å²) in [5.41, 5.74) is 6.41. The molecule has 2 aromatic carbocycles. The Bertz CT molecular complexity index is 621. The summed E-state index contributed by atoms with van der Waals surface area (Å²) in [6.45, 7) is 3.79. The molecule has 4 nitrogen and oxygen atoms in total. The van der Waals surface area contributed by atoms with Crippen LogP contribution in [0.1, 0.15) is 29.8 Å².